The van der Waals surface area contributed by atoms with E-state index in [0.29, 0.717) is 5.69 Å². The Balaban J connectivity index is 1.63. The second-order valence-corrected chi connectivity index (χ2v) is 10.4. The van der Waals surface area contributed by atoms with Gasteiger partial charge in [0, 0.05) is 11.0 Å². The van der Waals surface area contributed by atoms with Crippen molar-refractivity contribution >= 4 is 29.9 Å². The van der Waals surface area contributed by atoms with Gasteiger partial charge in [-0.1, -0.05) is 60.2 Å². The zero-order valence-corrected chi connectivity index (χ0v) is 15.2. The molecule has 0 radical (unpaired) electrons. The van der Waals surface area contributed by atoms with Gasteiger partial charge in [0.05, 0.1) is 23.2 Å². The SMILES string of the molecule is CC1=C[C@H]2[C@H]3C(=O)N(c4ccccc4)C(=O)[C@H]3[C@@H]1P2(=O)c1ccccc1. The molecule has 3 aliphatic rings. The van der Waals surface area contributed by atoms with Gasteiger partial charge in [-0.25, -0.2) is 4.90 Å². The molecular weight excluding hydrogens is 345 g/mol. The summed E-state index contributed by atoms with van der Waals surface area (Å²) in [4.78, 5) is 27.7. The van der Waals surface area contributed by atoms with Crippen LogP contribution in [-0.2, 0) is 14.2 Å². The summed E-state index contributed by atoms with van der Waals surface area (Å²) in [7, 11) is -2.88. The Bertz CT molecular complexity index is 998. The van der Waals surface area contributed by atoms with Gasteiger partial charge in [-0.2, -0.15) is 0 Å². The number of allylic oxidation sites excluding steroid dienone is 2. The molecule has 2 amide bonds. The Morgan fingerprint density at radius 2 is 1.42 bits per heavy atom. The van der Waals surface area contributed by atoms with E-state index in [-0.39, 0.29) is 23.1 Å². The predicted molar refractivity (Wildman–Crippen MR) is 101 cm³/mol. The molecule has 130 valence electrons. The van der Waals surface area contributed by atoms with Crippen molar-refractivity contribution < 1.29 is 14.2 Å². The fraction of sp³-hybridized carbons (Fsp3) is 0.238. The van der Waals surface area contributed by atoms with Crippen LogP contribution in [0.4, 0.5) is 5.69 Å². The van der Waals surface area contributed by atoms with E-state index < -0.39 is 19.0 Å². The Labute approximate surface area is 151 Å². The second-order valence-electron chi connectivity index (χ2n) is 7.29. The van der Waals surface area contributed by atoms with Crippen molar-refractivity contribution in [2.45, 2.75) is 18.2 Å². The summed E-state index contributed by atoms with van der Waals surface area (Å²) in [6, 6.07) is 18.4. The first-order valence-electron chi connectivity index (χ1n) is 8.81. The van der Waals surface area contributed by atoms with Gasteiger partial charge in [0.25, 0.3) is 0 Å². The molecule has 5 heteroatoms. The molecule has 0 saturated carbocycles. The predicted octanol–water partition coefficient (Wildman–Crippen LogP) is 3.19. The van der Waals surface area contributed by atoms with Gasteiger partial charge < -0.3 is 4.57 Å². The van der Waals surface area contributed by atoms with E-state index in [9.17, 15) is 14.2 Å². The van der Waals surface area contributed by atoms with E-state index in [1.54, 1.807) is 12.1 Å². The number of rotatable bonds is 2. The highest BCUT2D eigenvalue weighted by atomic mass is 31.2. The van der Waals surface area contributed by atoms with E-state index in [2.05, 4.69) is 0 Å². The first-order valence-corrected chi connectivity index (χ1v) is 10.7. The number of benzene rings is 2. The zero-order valence-electron chi connectivity index (χ0n) is 14.3. The van der Waals surface area contributed by atoms with Crippen molar-refractivity contribution in [3.8, 4) is 0 Å². The highest BCUT2D eigenvalue weighted by Gasteiger charge is 2.70. The maximum absolute atomic E-state index is 14.1. The monoisotopic (exact) mass is 363 g/mol. The Morgan fingerprint density at radius 1 is 0.846 bits per heavy atom. The highest BCUT2D eigenvalue weighted by Crippen LogP contribution is 2.74. The van der Waals surface area contributed by atoms with Crippen molar-refractivity contribution in [1.29, 1.82) is 0 Å². The van der Waals surface area contributed by atoms with Gasteiger partial charge in [-0.3, -0.25) is 9.59 Å². The number of hydrogen-bond acceptors (Lipinski definition) is 3. The molecule has 2 fully saturated rings. The van der Waals surface area contributed by atoms with Crippen LogP contribution >= 0.6 is 7.14 Å². The molecule has 5 rings (SSSR count). The van der Waals surface area contributed by atoms with Gasteiger partial charge in [0.15, 0.2) is 0 Å². The molecule has 0 N–H and O–H groups in total. The molecule has 0 aromatic heterocycles. The molecule has 2 aromatic carbocycles. The summed E-state index contributed by atoms with van der Waals surface area (Å²) in [5.41, 5.74) is 0.859. The number of hydrogen-bond donors (Lipinski definition) is 0. The Hall–Kier alpha value is -2.45. The van der Waals surface area contributed by atoms with E-state index in [4.69, 9.17) is 0 Å². The number of amides is 2. The molecular formula is C21H18NO3P. The quantitative estimate of drug-likeness (QED) is 0.468. The van der Waals surface area contributed by atoms with Gasteiger partial charge >= 0.3 is 0 Å². The van der Waals surface area contributed by atoms with Crippen LogP contribution in [-0.4, -0.2) is 23.1 Å². The zero-order chi connectivity index (χ0) is 18.1. The number of para-hydroxylation sites is 1. The highest BCUT2D eigenvalue weighted by molar-refractivity contribution is 7.74. The normalized spacial score (nSPS) is 35.0. The average molecular weight is 363 g/mol. The van der Waals surface area contributed by atoms with Crippen molar-refractivity contribution in [2.75, 3.05) is 4.90 Å². The van der Waals surface area contributed by atoms with Crippen LogP contribution < -0.4 is 10.2 Å². The number of carbonyl (C=O) groups excluding carboxylic acids is 2. The van der Waals surface area contributed by atoms with Gasteiger partial charge in [0.2, 0.25) is 11.8 Å². The second kappa shape index (κ2) is 5.28. The largest absolute Gasteiger partial charge is 0.317 e. The van der Waals surface area contributed by atoms with E-state index >= 15 is 0 Å². The van der Waals surface area contributed by atoms with Crippen molar-refractivity contribution in [3.63, 3.8) is 0 Å². The fourth-order valence-electron chi connectivity index (χ4n) is 5.06. The molecule has 1 unspecified atom stereocenters. The van der Waals surface area contributed by atoms with Crippen LogP contribution in [0.3, 0.4) is 0 Å². The lowest BCUT2D eigenvalue weighted by atomic mass is 9.82. The molecule has 2 saturated heterocycles. The molecule has 2 bridgehead atoms. The lowest BCUT2D eigenvalue weighted by Crippen LogP contribution is -2.35. The van der Waals surface area contributed by atoms with Crippen molar-refractivity contribution in [2.24, 2.45) is 11.8 Å². The van der Waals surface area contributed by atoms with Gasteiger partial charge in [-0.15, -0.1) is 0 Å². The number of fused-ring (bicyclic) bond motifs is 5. The average Bonchev–Trinajstić information content (AvgIpc) is 3.18. The minimum Gasteiger partial charge on any atom is -0.317 e. The number of nitrogens with zero attached hydrogens (tertiary/aromatic N) is 1. The third-order valence-corrected chi connectivity index (χ3v) is 10.1. The summed E-state index contributed by atoms with van der Waals surface area (Å²) in [6.45, 7) is 1.94. The molecule has 5 atom stereocenters. The van der Waals surface area contributed by atoms with Crippen LogP contribution in [0.1, 0.15) is 6.92 Å². The molecule has 3 heterocycles. The van der Waals surface area contributed by atoms with Crippen LogP contribution in [0.15, 0.2) is 72.3 Å². The maximum Gasteiger partial charge on any atom is 0.238 e. The summed E-state index contributed by atoms with van der Waals surface area (Å²) >= 11 is 0. The fourth-order valence-corrected chi connectivity index (χ4v) is 9.46. The number of anilines is 1. The van der Waals surface area contributed by atoms with Crippen LogP contribution in [0.2, 0.25) is 0 Å². The summed E-state index contributed by atoms with van der Waals surface area (Å²) in [6.07, 6.45) is 1.99. The molecule has 2 aromatic rings. The molecule has 0 spiro atoms. The first kappa shape index (κ1) is 15.8. The lowest BCUT2D eigenvalue weighted by molar-refractivity contribution is -0.122. The van der Waals surface area contributed by atoms with Gasteiger partial charge in [0.1, 0.15) is 7.14 Å². The van der Waals surface area contributed by atoms with Crippen molar-refractivity contribution in [1.82, 2.24) is 0 Å². The number of imide groups is 1. The van der Waals surface area contributed by atoms with Crippen LogP contribution in [0.5, 0.6) is 0 Å². The smallest absolute Gasteiger partial charge is 0.238 e. The standard InChI is InChI=1S/C21H18NO3P/c1-13-12-16-17-18(19(13)26(16,25)15-10-6-3-7-11-15)21(24)22(20(17)23)14-8-4-2-5-9-14/h2-12,16-19H,1H3/t16-,17+,18+,19+,26?/m0/s1. The Kier molecular flexibility index (Phi) is 3.20. The summed E-state index contributed by atoms with van der Waals surface area (Å²) in [5, 5.41) is 0.782. The van der Waals surface area contributed by atoms with E-state index in [1.807, 2.05) is 61.5 Å². The minimum atomic E-state index is -2.88. The molecule has 26 heavy (non-hydrogen) atoms. The van der Waals surface area contributed by atoms with Gasteiger partial charge in [-0.05, 0) is 19.1 Å². The van der Waals surface area contributed by atoms with Crippen LogP contribution in [0.25, 0.3) is 0 Å². The van der Waals surface area contributed by atoms with Crippen molar-refractivity contribution in [3.05, 3.63) is 72.3 Å². The summed E-state index contributed by atoms with van der Waals surface area (Å²) < 4.78 is 14.1. The topological polar surface area (TPSA) is 54.5 Å². The van der Waals surface area contributed by atoms with E-state index in [0.717, 1.165) is 10.9 Å². The minimum absolute atomic E-state index is 0.206. The van der Waals surface area contributed by atoms with Crippen LogP contribution in [0, 0.1) is 11.8 Å². The molecule has 4 nitrogen and oxygen atoms in total. The third-order valence-electron chi connectivity index (χ3n) is 6.04. The first-order chi connectivity index (χ1) is 12.5. The lowest BCUT2D eigenvalue weighted by Gasteiger charge is -2.24. The Morgan fingerprint density at radius 3 is 2.08 bits per heavy atom. The maximum atomic E-state index is 14.1. The third kappa shape index (κ3) is 1.78. The molecule has 3 aliphatic heterocycles. The van der Waals surface area contributed by atoms with E-state index in [1.165, 1.54) is 4.90 Å². The summed E-state index contributed by atoms with van der Waals surface area (Å²) in [5.74, 6) is -1.44. The number of carbonyl (C=O) groups is 2. The molecule has 0 aliphatic carbocycles.